The number of carbonyl (C=O) groups excluding carboxylic acids is 2. The Hall–Kier alpha value is -1.14. The number of rotatable bonds is 5. The molecule has 2 amide bonds. The minimum Gasteiger partial charge on any atom is -0.338 e. The zero-order valence-electron chi connectivity index (χ0n) is 14.0. The molecule has 0 aliphatic carbocycles. The van der Waals surface area contributed by atoms with Crippen molar-refractivity contribution in [1.82, 2.24) is 14.7 Å². The Bertz CT molecular complexity index is 388. The van der Waals surface area contributed by atoms with Crippen LogP contribution in [0.2, 0.25) is 0 Å². The van der Waals surface area contributed by atoms with Crippen molar-refractivity contribution in [3.63, 3.8) is 0 Å². The standard InChI is InChI=1S/C16H30N4O2/c1-3-13(2)15(17)16(22)20-10-8-19(9-11-20)14(21)12-18-6-4-5-7-18/h13,15H,3-12,17H2,1-2H3/t13-,15-/m0/s1. The van der Waals surface area contributed by atoms with Crippen LogP contribution in [0.25, 0.3) is 0 Å². The number of nitrogens with two attached hydrogens (primary N) is 1. The van der Waals surface area contributed by atoms with Gasteiger partial charge < -0.3 is 15.5 Å². The maximum absolute atomic E-state index is 12.3. The lowest BCUT2D eigenvalue weighted by atomic mass is 9.98. The van der Waals surface area contributed by atoms with E-state index in [2.05, 4.69) is 4.90 Å². The molecule has 0 aromatic rings. The molecule has 126 valence electrons. The van der Waals surface area contributed by atoms with E-state index >= 15 is 0 Å². The molecule has 2 atom stereocenters. The van der Waals surface area contributed by atoms with Gasteiger partial charge in [-0.1, -0.05) is 20.3 Å². The summed E-state index contributed by atoms with van der Waals surface area (Å²) in [5.74, 6) is 0.420. The SMILES string of the molecule is CC[C@H](C)[C@H](N)C(=O)N1CCN(C(=O)CN2CCCC2)CC1. The van der Waals surface area contributed by atoms with Gasteiger partial charge in [-0.3, -0.25) is 14.5 Å². The van der Waals surface area contributed by atoms with E-state index in [1.165, 1.54) is 12.8 Å². The van der Waals surface area contributed by atoms with Gasteiger partial charge in [0.2, 0.25) is 11.8 Å². The fourth-order valence-electron chi connectivity index (χ4n) is 3.12. The smallest absolute Gasteiger partial charge is 0.239 e. The van der Waals surface area contributed by atoms with Crippen molar-refractivity contribution in [2.24, 2.45) is 11.7 Å². The number of amides is 2. The number of hydrogen-bond donors (Lipinski definition) is 1. The summed E-state index contributed by atoms with van der Waals surface area (Å²) >= 11 is 0. The fourth-order valence-corrected chi connectivity index (χ4v) is 3.12. The van der Waals surface area contributed by atoms with Gasteiger partial charge in [-0.15, -0.1) is 0 Å². The second-order valence-corrected chi connectivity index (χ2v) is 6.60. The number of carbonyl (C=O) groups is 2. The van der Waals surface area contributed by atoms with Gasteiger partial charge in [0.05, 0.1) is 12.6 Å². The molecule has 2 aliphatic heterocycles. The molecule has 0 radical (unpaired) electrons. The van der Waals surface area contributed by atoms with Crippen molar-refractivity contribution in [2.45, 2.75) is 39.2 Å². The zero-order valence-corrected chi connectivity index (χ0v) is 14.0. The second kappa shape index (κ2) is 7.92. The van der Waals surface area contributed by atoms with Crippen LogP contribution in [0.5, 0.6) is 0 Å². The summed E-state index contributed by atoms with van der Waals surface area (Å²) in [7, 11) is 0. The minimum absolute atomic E-state index is 0.0287. The maximum Gasteiger partial charge on any atom is 0.239 e. The average molecular weight is 310 g/mol. The van der Waals surface area contributed by atoms with E-state index < -0.39 is 6.04 Å². The van der Waals surface area contributed by atoms with Gasteiger partial charge in [0.25, 0.3) is 0 Å². The Morgan fingerprint density at radius 3 is 2.09 bits per heavy atom. The summed E-state index contributed by atoms with van der Waals surface area (Å²) in [6.07, 6.45) is 3.30. The predicted molar refractivity (Wildman–Crippen MR) is 86.3 cm³/mol. The first kappa shape index (κ1) is 17.2. The predicted octanol–water partition coefficient (Wildman–Crippen LogP) is 0.126. The molecular weight excluding hydrogens is 280 g/mol. The molecule has 2 aliphatic rings. The first-order valence-electron chi connectivity index (χ1n) is 8.57. The van der Waals surface area contributed by atoms with Crippen LogP contribution in [0.1, 0.15) is 33.1 Å². The third-order valence-electron chi connectivity index (χ3n) is 5.04. The second-order valence-electron chi connectivity index (χ2n) is 6.60. The summed E-state index contributed by atoms with van der Waals surface area (Å²) in [5.41, 5.74) is 6.03. The summed E-state index contributed by atoms with van der Waals surface area (Å²) in [6.45, 7) is 9.13. The highest BCUT2D eigenvalue weighted by Gasteiger charge is 2.29. The van der Waals surface area contributed by atoms with Crippen LogP contribution in [0.3, 0.4) is 0 Å². The number of hydrogen-bond acceptors (Lipinski definition) is 4. The summed E-state index contributed by atoms with van der Waals surface area (Å²) in [5, 5.41) is 0. The van der Waals surface area contributed by atoms with E-state index in [1.54, 1.807) is 0 Å². The largest absolute Gasteiger partial charge is 0.338 e. The van der Waals surface area contributed by atoms with E-state index in [-0.39, 0.29) is 17.7 Å². The van der Waals surface area contributed by atoms with Gasteiger partial charge in [-0.05, 0) is 31.8 Å². The van der Waals surface area contributed by atoms with Crippen LogP contribution >= 0.6 is 0 Å². The van der Waals surface area contributed by atoms with Crippen molar-refractivity contribution in [1.29, 1.82) is 0 Å². The molecule has 22 heavy (non-hydrogen) atoms. The quantitative estimate of drug-likeness (QED) is 0.783. The fraction of sp³-hybridized carbons (Fsp3) is 0.875. The first-order valence-corrected chi connectivity index (χ1v) is 8.57. The first-order chi connectivity index (χ1) is 10.5. The van der Waals surface area contributed by atoms with Crippen molar-refractivity contribution in [3.05, 3.63) is 0 Å². The maximum atomic E-state index is 12.3. The van der Waals surface area contributed by atoms with Crippen LogP contribution in [0.4, 0.5) is 0 Å². The van der Waals surface area contributed by atoms with Crippen LogP contribution in [0.15, 0.2) is 0 Å². The molecule has 0 aromatic carbocycles. The van der Waals surface area contributed by atoms with E-state index in [0.717, 1.165) is 19.5 Å². The monoisotopic (exact) mass is 310 g/mol. The lowest BCUT2D eigenvalue weighted by molar-refractivity contribution is -0.141. The molecule has 2 saturated heterocycles. The lowest BCUT2D eigenvalue weighted by Gasteiger charge is -2.37. The molecule has 2 N–H and O–H groups in total. The molecule has 0 aromatic heterocycles. The average Bonchev–Trinajstić information content (AvgIpc) is 3.05. The summed E-state index contributed by atoms with van der Waals surface area (Å²) in [4.78, 5) is 30.5. The molecule has 2 fully saturated rings. The molecule has 2 heterocycles. The Balaban J connectivity index is 1.77. The minimum atomic E-state index is -0.420. The van der Waals surface area contributed by atoms with Gasteiger partial charge in [0.15, 0.2) is 0 Å². The molecular formula is C16H30N4O2. The van der Waals surface area contributed by atoms with Gasteiger partial charge in [0, 0.05) is 26.2 Å². The van der Waals surface area contributed by atoms with Crippen LogP contribution in [-0.4, -0.2) is 78.4 Å². The van der Waals surface area contributed by atoms with Gasteiger partial charge in [0.1, 0.15) is 0 Å². The number of piperazine rings is 1. The van der Waals surface area contributed by atoms with E-state index in [4.69, 9.17) is 5.73 Å². The molecule has 0 spiro atoms. The number of likely N-dealkylation sites (tertiary alicyclic amines) is 1. The van der Waals surface area contributed by atoms with E-state index in [9.17, 15) is 9.59 Å². The third-order valence-corrected chi connectivity index (χ3v) is 5.04. The summed E-state index contributed by atoms with van der Waals surface area (Å²) in [6, 6.07) is -0.420. The van der Waals surface area contributed by atoms with Crippen molar-refractivity contribution in [2.75, 3.05) is 45.8 Å². The number of nitrogens with zero attached hydrogens (tertiary/aromatic N) is 3. The Morgan fingerprint density at radius 2 is 1.55 bits per heavy atom. The summed E-state index contributed by atoms with van der Waals surface area (Å²) < 4.78 is 0. The Labute approximate surface area is 133 Å². The van der Waals surface area contributed by atoms with Crippen molar-refractivity contribution in [3.8, 4) is 0 Å². The van der Waals surface area contributed by atoms with E-state index in [0.29, 0.717) is 32.7 Å². The van der Waals surface area contributed by atoms with Gasteiger partial charge in [-0.2, -0.15) is 0 Å². The molecule has 0 unspecified atom stereocenters. The van der Waals surface area contributed by atoms with Crippen molar-refractivity contribution < 1.29 is 9.59 Å². The Morgan fingerprint density at radius 1 is 1.00 bits per heavy atom. The zero-order chi connectivity index (χ0) is 16.1. The van der Waals surface area contributed by atoms with Crippen LogP contribution < -0.4 is 5.73 Å². The lowest BCUT2D eigenvalue weighted by Crippen LogP contribution is -2.56. The third kappa shape index (κ3) is 4.20. The van der Waals surface area contributed by atoms with Crippen LogP contribution in [-0.2, 0) is 9.59 Å². The van der Waals surface area contributed by atoms with Crippen LogP contribution in [0, 0.1) is 5.92 Å². The molecule has 6 nitrogen and oxygen atoms in total. The van der Waals surface area contributed by atoms with Crippen molar-refractivity contribution >= 4 is 11.8 Å². The molecule has 0 saturated carbocycles. The van der Waals surface area contributed by atoms with Gasteiger partial charge in [-0.25, -0.2) is 0 Å². The topological polar surface area (TPSA) is 69.9 Å². The molecule has 0 bridgehead atoms. The van der Waals surface area contributed by atoms with E-state index in [1.807, 2.05) is 23.6 Å². The Kier molecular flexibility index (Phi) is 6.20. The normalized spacial score (nSPS) is 22.7. The molecule has 6 heteroatoms. The molecule has 2 rings (SSSR count). The highest BCUT2D eigenvalue weighted by molar-refractivity contribution is 5.83. The highest BCUT2D eigenvalue weighted by atomic mass is 16.2. The highest BCUT2D eigenvalue weighted by Crippen LogP contribution is 2.12. The van der Waals surface area contributed by atoms with Gasteiger partial charge >= 0.3 is 0 Å².